The van der Waals surface area contributed by atoms with Crippen LogP contribution in [0.3, 0.4) is 0 Å². The van der Waals surface area contributed by atoms with Crippen molar-refractivity contribution in [2.45, 2.75) is 6.42 Å². The van der Waals surface area contributed by atoms with Crippen molar-refractivity contribution in [1.82, 2.24) is 0 Å². The zero-order chi connectivity index (χ0) is 9.14. The lowest BCUT2D eigenvalue weighted by Crippen LogP contribution is -2.30. The molecule has 64 valence electrons. The summed E-state index contributed by atoms with van der Waals surface area (Å²) < 4.78 is 14.5. The van der Waals surface area contributed by atoms with Gasteiger partial charge in [-0.1, -0.05) is 6.08 Å². The van der Waals surface area contributed by atoms with Crippen LogP contribution in [0, 0.1) is 5.82 Å². The first-order valence-corrected chi connectivity index (χ1v) is 3.97. The molecule has 0 fully saturated rings. The van der Waals surface area contributed by atoms with Crippen molar-refractivity contribution in [1.29, 1.82) is 0 Å². The Morgan fingerprint density at radius 2 is 2.42 bits per heavy atom. The molecule has 0 amide bonds. The second-order valence-electron chi connectivity index (χ2n) is 2.59. The molecule has 1 rings (SSSR count). The minimum Gasteiger partial charge on any atom is -0.198 e. The zero-order valence-electron chi connectivity index (χ0n) is 6.85. The molecule has 0 bridgehead atoms. The van der Waals surface area contributed by atoms with E-state index in [1.807, 2.05) is 0 Å². The van der Waals surface area contributed by atoms with Crippen molar-refractivity contribution in [3.8, 4) is 0 Å². The van der Waals surface area contributed by atoms with E-state index in [0.29, 0.717) is 6.42 Å². The summed E-state index contributed by atoms with van der Waals surface area (Å²) >= 11 is 5.61. The van der Waals surface area contributed by atoms with Gasteiger partial charge in [0.05, 0.1) is 0 Å². The summed E-state index contributed by atoms with van der Waals surface area (Å²) in [6.45, 7) is 3.57. The van der Waals surface area contributed by atoms with Gasteiger partial charge in [0.1, 0.15) is 7.05 Å². The van der Waals surface area contributed by atoms with E-state index in [2.05, 4.69) is 6.58 Å². The van der Waals surface area contributed by atoms with E-state index >= 15 is 0 Å². The molecule has 0 saturated carbocycles. The number of pyridine rings is 1. The summed E-state index contributed by atoms with van der Waals surface area (Å²) in [6, 6.07) is 1.42. The van der Waals surface area contributed by atoms with Crippen molar-refractivity contribution >= 4 is 11.6 Å². The summed E-state index contributed by atoms with van der Waals surface area (Å²) in [5.41, 5.74) is 0.870. The van der Waals surface area contributed by atoms with Crippen LogP contribution in [0.4, 0.5) is 4.39 Å². The van der Waals surface area contributed by atoms with Gasteiger partial charge >= 0.3 is 5.15 Å². The van der Waals surface area contributed by atoms with Crippen LogP contribution < -0.4 is 4.57 Å². The van der Waals surface area contributed by atoms with Gasteiger partial charge in [-0.2, -0.15) is 8.96 Å². The fourth-order valence-electron chi connectivity index (χ4n) is 1.01. The minimum atomic E-state index is -0.390. The van der Waals surface area contributed by atoms with E-state index in [1.54, 1.807) is 23.9 Å². The molecule has 0 aliphatic heterocycles. The Balaban J connectivity index is 3.11. The average molecular weight is 187 g/mol. The zero-order valence-corrected chi connectivity index (χ0v) is 7.61. The topological polar surface area (TPSA) is 3.88 Å². The van der Waals surface area contributed by atoms with Crippen LogP contribution in [0.15, 0.2) is 24.9 Å². The van der Waals surface area contributed by atoms with Gasteiger partial charge in [-0.15, -0.1) is 6.58 Å². The SMILES string of the molecule is C=CCc1cc(F)c(Cl)[n+](C)c1. The lowest BCUT2D eigenvalue weighted by molar-refractivity contribution is -0.671. The number of halogens is 2. The summed E-state index contributed by atoms with van der Waals surface area (Å²) in [5, 5.41) is 0.128. The Hall–Kier alpha value is -0.890. The molecule has 0 aliphatic carbocycles. The van der Waals surface area contributed by atoms with E-state index < -0.39 is 5.82 Å². The molecule has 1 aromatic heterocycles. The largest absolute Gasteiger partial charge is 0.310 e. The number of nitrogens with zero attached hydrogens (tertiary/aromatic N) is 1. The summed E-state index contributed by atoms with van der Waals surface area (Å²) in [5.74, 6) is -0.390. The lowest BCUT2D eigenvalue weighted by atomic mass is 10.2. The molecule has 0 spiro atoms. The summed E-state index contributed by atoms with van der Waals surface area (Å²) in [4.78, 5) is 0. The van der Waals surface area contributed by atoms with Gasteiger partial charge in [0.2, 0.25) is 5.82 Å². The molecule has 0 unspecified atom stereocenters. The quantitative estimate of drug-likeness (QED) is 0.378. The predicted molar refractivity (Wildman–Crippen MR) is 46.5 cm³/mol. The fourth-order valence-corrected chi connectivity index (χ4v) is 1.12. The number of allylic oxidation sites excluding steroid dienone is 1. The molecule has 1 heterocycles. The Morgan fingerprint density at radius 3 is 2.92 bits per heavy atom. The van der Waals surface area contributed by atoms with Crippen LogP contribution in [-0.4, -0.2) is 0 Å². The second-order valence-corrected chi connectivity index (χ2v) is 2.95. The molecule has 1 nitrogen and oxygen atoms in total. The Kier molecular flexibility index (Phi) is 2.82. The summed E-state index contributed by atoms with van der Waals surface area (Å²) in [6.07, 6.45) is 4.16. The van der Waals surface area contributed by atoms with Crippen LogP contribution in [0.1, 0.15) is 5.56 Å². The van der Waals surface area contributed by atoms with Crippen molar-refractivity contribution in [3.05, 3.63) is 41.5 Å². The molecule has 12 heavy (non-hydrogen) atoms. The van der Waals surface area contributed by atoms with Gasteiger partial charge < -0.3 is 0 Å². The maximum Gasteiger partial charge on any atom is 0.310 e. The monoisotopic (exact) mass is 186 g/mol. The highest BCUT2D eigenvalue weighted by Gasteiger charge is 2.11. The van der Waals surface area contributed by atoms with Crippen LogP contribution >= 0.6 is 11.6 Å². The molecule has 0 aromatic carbocycles. The number of aryl methyl sites for hydroxylation is 1. The second kappa shape index (κ2) is 3.68. The third-order valence-electron chi connectivity index (χ3n) is 1.56. The van der Waals surface area contributed by atoms with Crippen molar-refractivity contribution in [2.75, 3.05) is 0 Å². The molecule has 0 N–H and O–H groups in total. The molecular weight excluding hydrogens is 177 g/mol. The van der Waals surface area contributed by atoms with Crippen LogP contribution in [0.2, 0.25) is 5.15 Å². The first-order valence-electron chi connectivity index (χ1n) is 3.59. The van der Waals surface area contributed by atoms with E-state index in [4.69, 9.17) is 11.6 Å². The van der Waals surface area contributed by atoms with E-state index in [0.717, 1.165) is 5.56 Å². The molecular formula is C9H10ClFN+. The normalized spacial score (nSPS) is 9.92. The molecule has 0 aliphatic rings. The lowest BCUT2D eigenvalue weighted by Gasteiger charge is -1.96. The van der Waals surface area contributed by atoms with Gasteiger partial charge in [0, 0.05) is 5.56 Å². The van der Waals surface area contributed by atoms with Gasteiger partial charge in [0.25, 0.3) is 0 Å². The van der Waals surface area contributed by atoms with Crippen LogP contribution in [-0.2, 0) is 13.5 Å². The van der Waals surface area contributed by atoms with Crippen molar-refractivity contribution in [2.24, 2.45) is 7.05 Å². The first-order chi connectivity index (χ1) is 5.65. The van der Waals surface area contributed by atoms with E-state index in [-0.39, 0.29) is 5.15 Å². The first kappa shape index (κ1) is 9.20. The molecule has 0 radical (unpaired) electrons. The fraction of sp³-hybridized carbons (Fsp3) is 0.222. The van der Waals surface area contributed by atoms with Gasteiger partial charge in [-0.05, 0) is 24.1 Å². The molecule has 1 aromatic rings. The van der Waals surface area contributed by atoms with Gasteiger partial charge in [0.15, 0.2) is 6.20 Å². The third-order valence-corrected chi connectivity index (χ3v) is 2.01. The van der Waals surface area contributed by atoms with Crippen molar-refractivity contribution < 1.29 is 8.96 Å². The van der Waals surface area contributed by atoms with Gasteiger partial charge in [-0.25, -0.2) is 0 Å². The molecule has 3 heteroatoms. The van der Waals surface area contributed by atoms with Crippen molar-refractivity contribution in [3.63, 3.8) is 0 Å². The number of rotatable bonds is 2. The number of aromatic nitrogens is 1. The third kappa shape index (κ3) is 1.83. The maximum absolute atomic E-state index is 13.0. The Bertz CT molecular complexity index is 286. The molecule has 0 saturated heterocycles. The Morgan fingerprint density at radius 1 is 1.75 bits per heavy atom. The van der Waals surface area contributed by atoms with E-state index in [1.165, 1.54) is 6.07 Å². The standard InChI is InChI=1S/C9H10ClFN/c1-3-4-7-5-8(11)9(10)12(2)6-7/h3,5-6H,1,4H2,2H3/q+1. The highest BCUT2D eigenvalue weighted by Crippen LogP contribution is 2.10. The summed E-state index contributed by atoms with van der Waals surface area (Å²) in [7, 11) is 1.71. The predicted octanol–water partition coefficient (Wildman–Crippen LogP) is 2.03. The smallest absolute Gasteiger partial charge is 0.198 e. The maximum atomic E-state index is 13.0. The highest BCUT2D eigenvalue weighted by atomic mass is 35.5. The average Bonchev–Trinajstić information content (AvgIpc) is 2.01. The Labute approximate surface area is 76.1 Å². The molecule has 0 atom stereocenters. The highest BCUT2D eigenvalue weighted by molar-refractivity contribution is 6.28. The van der Waals surface area contributed by atoms with Gasteiger partial charge in [-0.3, -0.25) is 0 Å². The van der Waals surface area contributed by atoms with Crippen LogP contribution in [0.5, 0.6) is 0 Å². The number of hydrogen-bond donors (Lipinski definition) is 0. The van der Waals surface area contributed by atoms with Crippen LogP contribution in [0.25, 0.3) is 0 Å². The number of hydrogen-bond acceptors (Lipinski definition) is 0. The van der Waals surface area contributed by atoms with E-state index in [9.17, 15) is 4.39 Å². The minimum absolute atomic E-state index is 0.128.